The van der Waals surface area contributed by atoms with E-state index in [4.69, 9.17) is 0 Å². The van der Waals surface area contributed by atoms with E-state index in [1.54, 1.807) is 24.3 Å². The number of anilines is 2. The number of benzene rings is 2. The lowest BCUT2D eigenvalue weighted by Crippen LogP contribution is -2.13. The van der Waals surface area contributed by atoms with Crippen molar-refractivity contribution in [2.45, 2.75) is 43.5 Å². The molecule has 0 spiro atoms. The van der Waals surface area contributed by atoms with Crippen LogP contribution in [0.15, 0.2) is 53.4 Å². The molecule has 0 bridgehead atoms. The predicted molar refractivity (Wildman–Crippen MR) is 94.4 cm³/mol. The summed E-state index contributed by atoms with van der Waals surface area (Å²) in [4.78, 5) is 0.280. The third kappa shape index (κ3) is 4.05. The summed E-state index contributed by atoms with van der Waals surface area (Å²) in [5, 5.41) is 3.38. The summed E-state index contributed by atoms with van der Waals surface area (Å²) in [5.74, 6) is 0.381. The van der Waals surface area contributed by atoms with Gasteiger partial charge in [0, 0.05) is 17.4 Å². The van der Waals surface area contributed by atoms with E-state index in [2.05, 4.69) is 23.9 Å². The Kier molecular flexibility index (Phi) is 4.31. The number of hydrogen-bond donors (Lipinski definition) is 2. The monoisotopic (exact) mass is 330 g/mol. The van der Waals surface area contributed by atoms with Crippen LogP contribution in [0.3, 0.4) is 0 Å². The van der Waals surface area contributed by atoms with Gasteiger partial charge >= 0.3 is 0 Å². The zero-order chi connectivity index (χ0) is 16.4. The Morgan fingerprint density at radius 3 is 2.00 bits per heavy atom. The minimum Gasteiger partial charge on any atom is -0.382 e. The second-order valence-electron chi connectivity index (χ2n) is 6.33. The second kappa shape index (κ2) is 6.24. The normalized spacial score (nSPS) is 14.7. The molecule has 0 unspecified atom stereocenters. The van der Waals surface area contributed by atoms with Crippen LogP contribution in [0, 0.1) is 0 Å². The van der Waals surface area contributed by atoms with Crippen molar-refractivity contribution >= 4 is 21.4 Å². The molecule has 2 aromatic rings. The topological polar surface area (TPSA) is 58.2 Å². The summed E-state index contributed by atoms with van der Waals surface area (Å²) < 4.78 is 27.5. The summed E-state index contributed by atoms with van der Waals surface area (Å²) in [7, 11) is -3.55. The maximum atomic E-state index is 12.4. The van der Waals surface area contributed by atoms with E-state index in [-0.39, 0.29) is 4.90 Å². The zero-order valence-corrected chi connectivity index (χ0v) is 14.2. The number of sulfonamides is 1. The third-order valence-corrected chi connectivity index (χ3v) is 5.34. The van der Waals surface area contributed by atoms with Gasteiger partial charge in [0.1, 0.15) is 0 Å². The summed E-state index contributed by atoms with van der Waals surface area (Å²) in [5.41, 5.74) is 2.72. The van der Waals surface area contributed by atoms with Crippen molar-refractivity contribution < 1.29 is 8.42 Å². The fraction of sp³-hybridized carbons (Fsp3) is 0.333. The van der Waals surface area contributed by atoms with Gasteiger partial charge in [-0.25, -0.2) is 8.42 Å². The fourth-order valence-corrected chi connectivity index (χ4v) is 3.40. The molecule has 1 fully saturated rings. The van der Waals surface area contributed by atoms with Crippen LogP contribution in [0.4, 0.5) is 11.4 Å². The highest BCUT2D eigenvalue weighted by Crippen LogP contribution is 2.26. The van der Waals surface area contributed by atoms with E-state index in [0.717, 1.165) is 11.3 Å². The van der Waals surface area contributed by atoms with Gasteiger partial charge in [-0.3, -0.25) is 4.72 Å². The molecule has 0 atom stereocenters. The molecule has 2 aromatic carbocycles. The maximum absolute atomic E-state index is 12.4. The molecular weight excluding hydrogens is 308 g/mol. The standard InChI is InChI=1S/C18H22N2O2S/c1-13(2)14-3-11-18(12-4-14)23(21,22)20-17-9-7-16(8-10-17)19-15-5-6-15/h3-4,7-13,15,19-20H,5-6H2,1-2H3. The lowest BCUT2D eigenvalue weighted by Gasteiger charge is -2.11. The first kappa shape index (κ1) is 15.9. The van der Waals surface area contributed by atoms with Gasteiger partial charge in [0.2, 0.25) is 0 Å². The Morgan fingerprint density at radius 2 is 1.48 bits per heavy atom. The molecule has 0 radical (unpaired) electrons. The predicted octanol–water partition coefficient (Wildman–Crippen LogP) is 4.19. The van der Waals surface area contributed by atoms with Crippen LogP contribution in [-0.2, 0) is 10.0 Å². The Balaban J connectivity index is 1.71. The molecule has 3 rings (SSSR count). The molecule has 0 aromatic heterocycles. The quantitative estimate of drug-likeness (QED) is 0.835. The number of rotatable bonds is 6. The minimum absolute atomic E-state index is 0.280. The van der Waals surface area contributed by atoms with Crippen LogP contribution in [0.2, 0.25) is 0 Å². The SMILES string of the molecule is CC(C)c1ccc(S(=O)(=O)Nc2ccc(NC3CC3)cc2)cc1. The molecule has 4 nitrogen and oxygen atoms in total. The van der Waals surface area contributed by atoms with Gasteiger partial charge in [-0.2, -0.15) is 0 Å². The second-order valence-corrected chi connectivity index (χ2v) is 8.01. The Labute approximate surface area is 138 Å². The molecule has 1 aliphatic carbocycles. The molecule has 1 saturated carbocycles. The van der Waals surface area contributed by atoms with Crippen molar-refractivity contribution in [3.05, 3.63) is 54.1 Å². The lowest BCUT2D eigenvalue weighted by atomic mass is 10.0. The molecule has 0 amide bonds. The minimum atomic E-state index is -3.55. The van der Waals surface area contributed by atoms with Crippen LogP contribution < -0.4 is 10.0 Å². The van der Waals surface area contributed by atoms with Crippen LogP contribution in [0.5, 0.6) is 0 Å². The summed E-state index contributed by atoms with van der Waals surface area (Å²) in [6, 6.07) is 15.0. The highest BCUT2D eigenvalue weighted by molar-refractivity contribution is 7.92. The van der Waals surface area contributed by atoms with Crippen molar-refractivity contribution in [3.63, 3.8) is 0 Å². The van der Waals surface area contributed by atoms with Crippen molar-refractivity contribution in [3.8, 4) is 0 Å². The highest BCUT2D eigenvalue weighted by atomic mass is 32.2. The van der Waals surface area contributed by atoms with Crippen LogP contribution in [0.25, 0.3) is 0 Å². The number of hydrogen-bond acceptors (Lipinski definition) is 3. The van der Waals surface area contributed by atoms with E-state index in [9.17, 15) is 8.42 Å². The zero-order valence-electron chi connectivity index (χ0n) is 13.4. The molecule has 1 aliphatic rings. The van der Waals surface area contributed by atoms with Gasteiger partial charge in [-0.05, 0) is 60.7 Å². The summed E-state index contributed by atoms with van der Waals surface area (Å²) in [6.07, 6.45) is 2.42. The molecule has 0 aliphatic heterocycles. The van der Waals surface area contributed by atoms with Crippen molar-refractivity contribution in [1.29, 1.82) is 0 Å². The van der Waals surface area contributed by atoms with E-state index in [1.165, 1.54) is 12.8 Å². The van der Waals surface area contributed by atoms with Crippen LogP contribution in [-0.4, -0.2) is 14.5 Å². The molecule has 0 heterocycles. The van der Waals surface area contributed by atoms with E-state index >= 15 is 0 Å². The molecular formula is C18H22N2O2S. The molecule has 5 heteroatoms. The fourth-order valence-electron chi connectivity index (χ4n) is 2.34. The number of nitrogens with one attached hydrogen (secondary N) is 2. The van der Waals surface area contributed by atoms with Crippen molar-refractivity contribution in [2.24, 2.45) is 0 Å². The van der Waals surface area contributed by atoms with Gasteiger partial charge < -0.3 is 5.32 Å². The first-order chi connectivity index (χ1) is 10.9. The lowest BCUT2D eigenvalue weighted by molar-refractivity contribution is 0.601. The Bertz CT molecular complexity index is 762. The van der Waals surface area contributed by atoms with Crippen molar-refractivity contribution in [1.82, 2.24) is 0 Å². The van der Waals surface area contributed by atoms with E-state index in [1.807, 2.05) is 24.3 Å². The summed E-state index contributed by atoms with van der Waals surface area (Å²) >= 11 is 0. The van der Waals surface area contributed by atoms with Gasteiger partial charge in [0.05, 0.1) is 4.90 Å². The van der Waals surface area contributed by atoms with Crippen molar-refractivity contribution in [2.75, 3.05) is 10.0 Å². The molecule has 122 valence electrons. The third-order valence-electron chi connectivity index (χ3n) is 3.94. The van der Waals surface area contributed by atoms with Gasteiger partial charge in [-0.1, -0.05) is 26.0 Å². The maximum Gasteiger partial charge on any atom is 0.261 e. The van der Waals surface area contributed by atoms with Gasteiger partial charge in [0.25, 0.3) is 10.0 Å². The van der Waals surface area contributed by atoms with Gasteiger partial charge in [0.15, 0.2) is 0 Å². The summed E-state index contributed by atoms with van der Waals surface area (Å²) in [6.45, 7) is 4.16. The van der Waals surface area contributed by atoms with E-state index < -0.39 is 10.0 Å². The largest absolute Gasteiger partial charge is 0.382 e. The average Bonchev–Trinajstić information content (AvgIpc) is 3.33. The molecule has 0 saturated heterocycles. The highest BCUT2D eigenvalue weighted by Gasteiger charge is 2.20. The first-order valence-electron chi connectivity index (χ1n) is 7.93. The Morgan fingerprint density at radius 1 is 0.913 bits per heavy atom. The molecule has 23 heavy (non-hydrogen) atoms. The van der Waals surface area contributed by atoms with Crippen LogP contribution >= 0.6 is 0 Å². The smallest absolute Gasteiger partial charge is 0.261 e. The van der Waals surface area contributed by atoms with E-state index in [0.29, 0.717) is 17.6 Å². The first-order valence-corrected chi connectivity index (χ1v) is 9.42. The average molecular weight is 330 g/mol. The van der Waals surface area contributed by atoms with Crippen LogP contribution in [0.1, 0.15) is 38.2 Å². The Hall–Kier alpha value is -2.01. The molecule has 2 N–H and O–H groups in total. The van der Waals surface area contributed by atoms with Gasteiger partial charge in [-0.15, -0.1) is 0 Å².